The van der Waals surface area contributed by atoms with Gasteiger partial charge in [0, 0.05) is 24.6 Å². The molecule has 0 N–H and O–H groups in total. The van der Waals surface area contributed by atoms with Crippen LogP contribution in [0.2, 0.25) is 0 Å². The number of rotatable bonds is 25. The van der Waals surface area contributed by atoms with Gasteiger partial charge in [0.2, 0.25) is 0 Å². The first-order valence-electron chi connectivity index (χ1n) is 16.6. The zero-order valence-corrected chi connectivity index (χ0v) is 25.0. The third-order valence-electron chi connectivity index (χ3n) is 8.26. The zero-order valence-electron chi connectivity index (χ0n) is 25.0. The predicted octanol–water partition coefficient (Wildman–Crippen LogP) is 11.6. The van der Waals surface area contributed by atoms with Crippen molar-refractivity contribution in [3.63, 3.8) is 0 Å². The molecule has 0 radical (unpaired) electrons. The van der Waals surface area contributed by atoms with Crippen LogP contribution >= 0.6 is 0 Å². The van der Waals surface area contributed by atoms with Gasteiger partial charge in [-0.25, -0.2) is 0 Å². The Labute approximate surface area is 232 Å². The number of nitrogens with zero attached hydrogens (tertiary/aromatic N) is 2. The molecule has 212 valence electrons. The Morgan fingerprint density at radius 2 is 0.919 bits per heavy atom. The van der Waals surface area contributed by atoms with Crippen LogP contribution in [0.5, 0.6) is 0 Å². The fourth-order valence-electron chi connectivity index (χ4n) is 5.85. The van der Waals surface area contributed by atoms with Crippen molar-refractivity contribution in [3.8, 4) is 0 Å². The van der Waals surface area contributed by atoms with Crippen molar-refractivity contribution >= 4 is 5.69 Å². The molecule has 1 aliphatic rings. The minimum absolute atomic E-state index is 0.504. The molecule has 0 spiro atoms. The van der Waals surface area contributed by atoms with Crippen LogP contribution < -0.4 is 4.90 Å². The van der Waals surface area contributed by atoms with Crippen molar-refractivity contribution in [2.24, 2.45) is 0 Å². The van der Waals surface area contributed by atoms with Gasteiger partial charge in [0.25, 0.3) is 0 Å². The maximum Gasteiger partial charge on any atom is 0.105 e. The monoisotopic (exact) mass is 510 g/mol. The van der Waals surface area contributed by atoms with Crippen LogP contribution in [-0.4, -0.2) is 17.6 Å². The van der Waals surface area contributed by atoms with E-state index in [9.17, 15) is 0 Å². The molecule has 1 aromatic carbocycles. The second-order valence-electron chi connectivity index (χ2n) is 11.6. The van der Waals surface area contributed by atoms with Crippen LogP contribution in [0.15, 0.2) is 42.7 Å². The van der Waals surface area contributed by atoms with E-state index in [0.717, 1.165) is 0 Å². The molecular formula is C35H62N2. The molecule has 2 heteroatoms. The molecule has 1 aliphatic heterocycles. The first-order chi connectivity index (χ1) is 18.4. The fraction of sp³-hybridized carbons (Fsp3) is 0.771. The molecule has 0 saturated heterocycles. The maximum atomic E-state index is 2.63. The minimum atomic E-state index is 0.504. The first-order valence-corrected chi connectivity index (χ1v) is 16.6. The van der Waals surface area contributed by atoms with Crippen LogP contribution in [0.1, 0.15) is 162 Å². The number of hydrogen-bond donors (Lipinski definition) is 0. The molecule has 0 fully saturated rings. The Morgan fingerprint density at radius 1 is 0.486 bits per heavy atom. The summed E-state index contributed by atoms with van der Waals surface area (Å²) in [6.07, 6.45) is 37.7. The smallest absolute Gasteiger partial charge is 0.105 e. The van der Waals surface area contributed by atoms with Crippen LogP contribution in [0.25, 0.3) is 0 Å². The topological polar surface area (TPSA) is 6.48 Å². The van der Waals surface area contributed by atoms with Crippen molar-refractivity contribution in [1.29, 1.82) is 0 Å². The van der Waals surface area contributed by atoms with Gasteiger partial charge < -0.3 is 9.80 Å². The molecule has 1 unspecified atom stereocenters. The summed E-state index contributed by atoms with van der Waals surface area (Å²) in [4.78, 5) is 5.15. The average molecular weight is 511 g/mol. The predicted molar refractivity (Wildman–Crippen MR) is 166 cm³/mol. The lowest BCUT2D eigenvalue weighted by atomic mass is 10.0. The molecule has 0 bridgehead atoms. The molecule has 1 atom stereocenters. The quantitative estimate of drug-likeness (QED) is 0.121. The van der Waals surface area contributed by atoms with Gasteiger partial charge in [-0.05, 0) is 31.4 Å². The Morgan fingerprint density at radius 3 is 1.41 bits per heavy atom. The lowest BCUT2D eigenvalue weighted by Crippen LogP contribution is -2.39. The number of unbranched alkanes of at least 4 members (excludes halogenated alkanes) is 20. The summed E-state index contributed by atoms with van der Waals surface area (Å²) in [5.41, 5.74) is 1.34. The summed E-state index contributed by atoms with van der Waals surface area (Å²) in [5, 5.41) is 0. The highest BCUT2D eigenvalue weighted by Gasteiger charge is 2.26. The van der Waals surface area contributed by atoms with Gasteiger partial charge in [0.15, 0.2) is 0 Å². The Bertz CT molecular complexity index is 640. The van der Waals surface area contributed by atoms with Crippen molar-refractivity contribution in [3.05, 3.63) is 42.7 Å². The third-order valence-corrected chi connectivity index (χ3v) is 8.26. The summed E-state index contributed by atoms with van der Waals surface area (Å²) in [7, 11) is 0. The van der Waals surface area contributed by atoms with Crippen LogP contribution in [0, 0.1) is 0 Å². The Hall–Kier alpha value is -1.44. The van der Waals surface area contributed by atoms with Gasteiger partial charge in [-0.15, -0.1) is 0 Å². The minimum Gasteiger partial charge on any atom is -0.356 e. The van der Waals surface area contributed by atoms with Crippen molar-refractivity contribution in [2.75, 3.05) is 11.4 Å². The lowest BCUT2D eigenvalue weighted by Gasteiger charge is -2.33. The molecule has 0 saturated carbocycles. The summed E-state index contributed by atoms with van der Waals surface area (Å²) >= 11 is 0. The van der Waals surface area contributed by atoms with E-state index in [1.165, 1.54) is 160 Å². The molecule has 0 aliphatic carbocycles. The maximum absolute atomic E-state index is 2.63. The number of benzene rings is 1. The van der Waals surface area contributed by atoms with Gasteiger partial charge in [0.1, 0.15) is 6.17 Å². The third kappa shape index (κ3) is 14.9. The molecule has 1 aromatic rings. The summed E-state index contributed by atoms with van der Waals surface area (Å²) in [5.74, 6) is 0. The molecule has 0 amide bonds. The standard InChI is InChI=1S/C35H62N2/c1-3-5-7-9-11-13-14-15-16-17-18-20-22-27-31-36-32-33-37(34-28-24-23-25-29-34)35(36)30-26-21-19-12-10-8-6-4-2/h23-25,28-29,32-33,35H,3-22,26-27,30-31H2,1-2H3. The molecule has 0 aromatic heterocycles. The van der Waals surface area contributed by atoms with E-state index < -0.39 is 0 Å². The molecular weight excluding hydrogens is 448 g/mol. The van der Waals surface area contributed by atoms with Crippen molar-refractivity contribution < 1.29 is 0 Å². The van der Waals surface area contributed by atoms with Crippen LogP contribution in [0.4, 0.5) is 5.69 Å². The second kappa shape index (κ2) is 22.5. The van der Waals surface area contributed by atoms with Crippen molar-refractivity contribution in [2.45, 2.75) is 168 Å². The summed E-state index contributed by atoms with van der Waals surface area (Å²) in [6, 6.07) is 11.0. The molecule has 37 heavy (non-hydrogen) atoms. The van der Waals surface area contributed by atoms with E-state index in [1.807, 2.05) is 0 Å². The lowest BCUT2D eigenvalue weighted by molar-refractivity contribution is 0.273. The fourth-order valence-corrected chi connectivity index (χ4v) is 5.85. The van der Waals surface area contributed by atoms with Gasteiger partial charge >= 0.3 is 0 Å². The summed E-state index contributed by atoms with van der Waals surface area (Å²) in [6.45, 7) is 5.82. The van der Waals surface area contributed by atoms with E-state index in [4.69, 9.17) is 0 Å². The highest BCUT2D eigenvalue weighted by Crippen LogP contribution is 2.28. The highest BCUT2D eigenvalue weighted by atomic mass is 15.4. The van der Waals surface area contributed by atoms with E-state index in [0.29, 0.717) is 6.17 Å². The normalized spacial score (nSPS) is 15.2. The Kier molecular flexibility index (Phi) is 19.4. The number of para-hydroxylation sites is 1. The van der Waals surface area contributed by atoms with Crippen molar-refractivity contribution in [1.82, 2.24) is 4.90 Å². The van der Waals surface area contributed by atoms with Gasteiger partial charge in [-0.3, -0.25) is 0 Å². The highest BCUT2D eigenvalue weighted by molar-refractivity contribution is 5.51. The van der Waals surface area contributed by atoms with Gasteiger partial charge in [-0.1, -0.05) is 160 Å². The summed E-state index contributed by atoms with van der Waals surface area (Å²) < 4.78 is 0. The van der Waals surface area contributed by atoms with E-state index >= 15 is 0 Å². The number of anilines is 1. The van der Waals surface area contributed by atoms with Crippen LogP contribution in [0.3, 0.4) is 0 Å². The van der Waals surface area contributed by atoms with Gasteiger partial charge in [-0.2, -0.15) is 0 Å². The second-order valence-corrected chi connectivity index (χ2v) is 11.6. The first kappa shape index (κ1) is 31.8. The molecule has 2 rings (SSSR count). The van der Waals surface area contributed by atoms with E-state index in [1.54, 1.807) is 0 Å². The number of hydrogen-bond acceptors (Lipinski definition) is 2. The SMILES string of the molecule is CCCCCCCCCCCCCCCCN1C=CN(c2ccccc2)C1CCCCCCCCCC. The van der Waals surface area contributed by atoms with Crippen LogP contribution in [-0.2, 0) is 0 Å². The largest absolute Gasteiger partial charge is 0.356 e. The zero-order chi connectivity index (χ0) is 26.2. The van der Waals surface area contributed by atoms with E-state index in [2.05, 4.69) is 66.4 Å². The Balaban J connectivity index is 1.57. The molecule has 2 nitrogen and oxygen atoms in total. The average Bonchev–Trinajstić information content (AvgIpc) is 3.33. The van der Waals surface area contributed by atoms with Gasteiger partial charge in [0.05, 0.1) is 0 Å². The van der Waals surface area contributed by atoms with E-state index in [-0.39, 0.29) is 0 Å². The molecule has 1 heterocycles.